The van der Waals surface area contributed by atoms with E-state index in [4.69, 9.17) is 9.47 Å². The van der Waals surface area contributed by atoms with E-state index in [1.54, 1.807) is 0 Å². The third-order valence-electron chi connectivity index (χ3n) is 11.6. The van der Waals surface area contributed by atoms with E-state index < -0.39 is 30.1 Å². The van der Waals surface area contributed by atoms with Crippen molar-refractivity contribution in [2.24, 2.45) is 23.2 Å². The molecular formula is C37H53F6NO3S. The van der Waals surface area contributed by atoms with Crippen LogP contribution in [0.3, 0.4) is 0 Å². The van der Waals surface area contributed by atoms with Gasteiger partial charge in [-0.15, -0.1) is 0 Å². The zero-order chi connectivity index (χ0) is 34.5. The number of carbonyl (C=O) groups is 1. The summed E-state index contributed by atoms with van der Waals surface area (Å²) in [6, 6.07) is 6.17. The second-order valence-electron chi connectivity index (χ2n) is 15.0. The van der Waals surface area contributed by atoms with Gasteiger partial charge >= 0.3 is 12.1 Å². The van der Waals surface area contributed by atoms with Crippen LogP contribution in [-0.4, -0.2) is 73.5 Å². The molecule has 0 N–H and O–H groups in total. The van der Waals surface area contributed by atoms with Crippen LogP contribution in [0.25, 0.3) is 0 Å². The number of ether oxygens (including phenoxy) is 2. The molecule has 7 atom stereocenters. The summed E-state index contributed by atoms with van der Waals surface area (Å²) in [7, 11) is 2.05. The number of ketones is 1. The molecule has 0 bridgehead atoms. The molecule has 2 unspecified atom stereocenters. The van der Waals surface area contributed by atoms with Gasteiger partial charge in [0.05, 0.1) is 6.61 Å². The maximum absolute atomic E-state index is 16.2. The van der Waals surface area contributed by atoms with Crippen LogP contribution in [0, 0.1) is 23.2 Å². The van der Waals surface area contributed by atoms with E-state index in [-0.39, 0.29) is 36.2 Å². The summed E-state index contributed by atoms with van der Waals surface area (Å²) in [5.41, 5.74) is 1.71. The Morgan fingerprint density at radius 2 is 1.79 bits per heavy atom. The van der Waals surface area contributed by atoms with Crippen LogP contribution in [0.2, 0.25) is 0 Å². The highest BCUT2D eigenvalue weighted by Gasteiger charge is 2.60. The Balaban J connectivity index is 1.10. The van der Waals surface area contributed by atoms with Crippen LogP contribution in [0.4, 0.5) is 26.3 Å². The van der Waals surface area contributed by atoms with Gasteiger partial charge in [0.25, 0.3) is 0 Å². The third-order valence-corrected chi connectivity index (χ3v) is 12.7. The molecule has 11 heteroatoms. The van der Waals surface area contributed by atoms with Crippen LogP contribution < -0.4 is 4.74 Å². The quantitative estimate of drug-likeness (QED) is 0.127. The molecule has 272 valence electrons. The molecule has 3 aliphatic carbocycles. The number of unbranched alkanes of at least 4 members (excludes halogenated alkanes) is 2. The first-order valence-corrected chi connectivity index (χ1v) is 19.2. The van der Waals surface area contributed by atoms with E-state index >= 15 is 4.39 Å². The highest BCUT2D eigenvalue weighted by Crippen LogP contribution is 2.62. The molecule has 1 heterocycles. The van der Waals surface area contributed by atoms with Gasteiger partial charge in [-0.25, -0.2) is 4.39 Å². The highest BCUT2D eigenvalue weighted by atomic mass is 32.2. The number of halogens is 6. The van der Waals surface area contributed by atoms with Gasteiger partial charge in [0.15, 0.2) is 6.29 Å². The average Bonchev–Trinajstić information content (AvgIpc) is 3.32. The number of alkyl halides is 6. The lowest BCUT2D eigenvalue weighted by Gasteiger charge is -2.53. The number of rotatable bonds is 16. The second-order valence-corrected chi connectivity index (χ2v) is 16.2. The SMILES string of the molecule is CN(CCCCC[C@@H]1Cc2cc(OC3CCCCO3)ccc2[C@H]2C(F)C[C@]3(C)C(=O)CC[C@H]3[C@H]12)CCCSCCCC(F)(F)C(F)(F)F. The number of nitrogens with zero attached hydrogens (tertiary/aromatic N) is 1. The first kappa shape index (κ1) is 37.8. The fraction of sp³-hybridized carbons (Fsp3) is 0.811. The van der Waals surface area contributed by atoms with Gasteiger partial charge in [-0.1, -0.05) is 25.8 Å². The average molecular weight is 706 g/mol. The smallest absolute Gasteiger partial charge is 0.453 e. The number of hydrogen-bond acceptors (Lipinski definition) is 5. The molecule has 4 aliphatic rings. The number of benzene rings is 1. The normalized spacial score (nSPS) is 30.6. The number of carbonyl (C=O) groups excluding carboxylic acids is 1. The summed E-state index contributed by atoms with van der Waals surface area (Å²) >= 11 is 1.43. The van der Waals surface area contributed by atoms with Crippen LogP contribution in [0.1, 0.15) is 107 Å². The molecule has 1 aliphatic heterocycles. The zero-order valence-corrected chi connectivity index (χ0v) is 29.3. The minimum atomic E-state index is -5.47. The standard InChI is InChI=1S/C37H53F6NO3S/c1-35-24-30(38)34-28-13-12-27(47-32-11-5-7-19-46-32)23-26(28)22-25(33(34)29(35)14-15-31(35)45)10-4-3-6-17-44(2)18-9-21-48-20-8-16-36(39,40)37(41,42)43/h12-13,23,25,29-30,32-34H,3-11,14-22,24H2,1-2H3/t25-,29+,30?,32?,33+,34+,35+/m1/s1. The fourth-order valence-electron chi connectivity index (χ4n) is 9.01. The summed E-state index contributed by atoms with van der Waals surface area (Å²) < 4.78 is 91.2. The van der Waals surface area contributed by atoms with Crippen molar-refractivity contribution in [3.05, 3.63) is 29.3 Å². The maximum Gasteiger partial charge on any atom is 0.453 e. The molecule has 4 nitrogen and oxygen atoms in total. The van der Waals surface area contributed by atoms with Gasteiger partial charge in [-0.3, -0.25) is 4.79 Å². The monoisotopic (exact) mass is 705 g/mol. The first-order chi connectivity index (χ1) is 22.8. The Kier molecular flexibility index (Phi) is 12.8. The lowest BCUT2D eigenvalue weighted by molar-refractivity contribution is -0.284. The number of hydrogen-bond donors (Lipinski definition) is 0. The van der Waals surface area contributed by atoms with Crippen molar-refractivity contribution in [1.82, 2.24) is 4.90 Å². The first-order valence-electron chi connectivity index (χ1n) is 18.1. The van der Waals surface area contributed by atoms with Crippen LogP contribution in [0.15, 0.2) is 18.2 Å². The Labute approximate surface area is 286 Å². The van der Waals surface area contributed by atoms with Crippen molar-refractivity contribution in [1.29, 1.82) is 0 Å². The van der Waals surface area contributed by atoms with E-state index in [0.717, 1.165) is 94.4 Å². The third kappa shape index (κ3) is 8.87. The lowest BCUT2D eigenvalue weighted by Crippen LogP contribution is -2.50. The second kappa shape index (κ2) is 16.3. The van der Waals surface area contributed by atoms with E-state index in [2.05, 4.69) is 24.1 Å². The van der Waals surface area contributed by atoms with Crippen molar-refractivity contribution in [3.8, 4) is 5.75 Å². The summed E-state index contributed by atoms with van der Waals surface area (Å²) in [6.07, 6.45) is 2.52. The van der Waals surface area contributed by atoms with Crippen LogP contribution in [0.5, 0.6) is 5.75 Å². The van der Waals surface area contributed by atoms with Crippen molar-refractivity contribution in [2.75, 3.05) is 38.2 Å². The van der Waals surface area contributed by atoms with Crippen molar-refractivity contribution in [2.45, 2.75) is 127 Å². The predicted molar refractivity (Wildman–Crippen MR) is 178 cm³/mol. The Bertz CT molecular complexity index is 1210. The molecule has 1 aromatic carbocycles. The zero-order valence-electron chi connectivity index (χ0n) is 28.5. The molecular weight excluding hydrogens is 652 g/mol. The predicted octanol–water partition coefficient (Wildman–Crippen LogP) is 9.78. The van der Waals surface area contributed by atoms with Gasteiger partial charge in [-0.2, -0.15) is 33.7 Å². The molecule has 0 amide bonds. The van der Waals surface area contributed by atoms with Gasteiger partial charge in [-0.05, 0) is 130 Å². The molecule has 0 spiro atoms. The van der Waals surface area contributed by atoms with Crippen molar-refractivity contribution >= 4 is 17.5 Å². The lowest BCUT2D eigenvalue weighted by atomic mass is 9.51. The summed E-state index contributed by atoms with van der Waals surface area (Å²) in [5.74, 6) is -2.07. The van der Waals surface area contributed by atoms with Crippen molar-refractivity contribution in [3.63, 3.8) is 0 Å². The molecule has 1 saturated heterocycles. The van der Waals surface area contributed by atoms with E-state index in [9.17, 15) is 26.7 Å². The number of Topliss-reactive ketones (excluding diaryl/α,β-unsaturated/α-hetero) is 1. The Morgan fingerprint density at radius 1 is 1.02 bits per heavy atom. The molecule has 48 heavy (non-hydrogen) atoms. The topological polar surface area (TPSA) is 38.8 Å². The van der Waals surface area contributed by atoms with Gasteiger partial charge in [0.2, 0.25) is 0 Å². The molecule has 0 aromatic heterocycles. The Morgan fingerprint density at radius 3 is 2.54 bits per heavy atom. The van der Waals surface area contributed by atoms with Gasteiger partial charge < -0.3 is 14.4 Å². The van der Waals surface area contributed by atoms with E-state index in [1.165, 1.54) is 17.3 Å². The minimum Gasteiger partial charge on any atom is -0.465 e. The highest BCUT2D eigenvalue weighted by molar-refractivity contribution is 7.99. The largest absolute Gasteiger partial charge is 0.465 e. The number of thioether (sulfide) groups is 1. The minimum absolute atomic E-state index is 0.158. The van der Waals surface area contributed by atoms with Crippen LogP contribution >= 0.6 is 11.8 Å². The molecule has 3 fully saturated rings. The van der Waals surface area contributed by atoms with E-state index in [0.29, 0.717) is 31.1 Å². The maximum atomic E-state index is 16.2. The van der Waals surface area contributed by atoms with Crippen molar-refractivity contribution < 1.29 is 40.6 Å². The fourth-order valence-corrected chi connectivity index (χ4v) is 9.89. The molecule has 0 radical (unpaired) electrons. The molecule has 2 saturated carbocycles. The Hall–Kier alpha value is -1.46. The van der Waals surface area contributed by atoms with E-state index in [1.807, 2.05) is 13.0 Å². The molecule has 1 aromatic rings. The summed E-state index contributed by atoms with van der Waals surface area (Å²) in [4.78, 5) is 15.3. The summed E-state index contributed by atoms with van der Waals surface area (Å²) in [5, 5.41) is 0. The molecule has 5 rings (SSSR count). The van der Waals surface area contributed by atoms with Gasteiger partial charge in [0.1, 0.15) is 17.7 Å². The number of fused-ring (bicyclic) bond motifs is 5. The van der Waals surface area contributed by atoms with Gasteiger partial charge in [0, 0.05) is 30.6 Å². The van der Waals surface area contributed by atoms with Crippen LogP contribution in [-0.2, 0) is 16.0 Å². The summed E-state index contributed by atoms with van der Waals surface area (Å²) in [6.45, 7) is 4.50.